The zero-order valence-corrected chi connectivity index (χ0v) is 36.6. The Labute approximate surface area is 354 Å². The molecule has 0 spiro atoms. The lowest BCUT2D eigenvalue weighted by Crippen LogP contribution is -2.40. The number of allylic oxidation sites excluding steroid dienone is 18. The smallest absolute Gasteiger partial charge is 0.326 e. The molecule has 2 unspecified atom stereocenters. The summed E-state index contributed by atoms with van der Waals surface area (Å²) >= 11 is 0. The molecule has 0 rings (SSSR count). The number of esters is 1. The highest BCUT2D eigenvalue weighted by Gasteiger charge is 2.19. The quantitative estimate of drug-likeness (QED) is 0.0323. The topological polar surface area (TPSA) is 119 Å². The van der Waals surface area contributed by atoms with Crippen LogP contribution in [0.5, 0.6) is 0 Å². The molecule has 0 aliphatic carbocycles. The molecular weight excluding hydrogens is 721 g/mol. The molecule has 1 amide bonds. The van der Waals surface area contributed by atoms with Gasteiger partial charge in [0.05, 0.1) is 0 Å². The Kier molecular flexibility index (Phi) is 41.1. The fraction of sp³-hybridized carbons (Fsp3) is 0.588. The molecule has 7 nitrogen and oxygen atoms in total. The lowest BCUT2D eigenvalue weighted by Gasteiger charge is -2.17. The molecule has 0 saturated carbocycles. The molecule has 0 aromatic heterocycles. The molecule has 0 aromatic carbocycles. The van der Waals surface area contributed by atoms with Gasteiger partial charge in [0, 0.05) is 12.8 Å². The standard InChI is InChI=1S/C51H82N2O5/c1-3-5-7-9-11-13-15-17-18-19-20-21-22-24-26-28-30-35-39-45-50(55)58-47(41-36-32-29-27-25-23-16-14-12-10-8-6-4-2)42-37-33-31-34-38-44-49(54)53-48(51(56)57)43-40-46-52/h5-8,11-14,17-18,20-21,23-26,29,32,47-48H,3-4,9-10,15-16,19,22,27-28,30-31,33-46,52H2,1-2H3,(H,53,54)(H,56,57)/b7-5-,8-6-,13-11-,14-12-,18-17-,21-20-,25-23-,26-24-,32-29-. The van der Waals surface area contributed by atoms with Crippen molar-refractivity contribution in [1.29, 1.82) is 0 Å². The molecule has 0 bridgehead atoms. The minimum Gasteiger partial charge on any atom is -0.480 e. The first kappa shape index (κ1) is 54.0. The Morgan fingerprint density at radius 1 is 0.500 bits per heavy atom. The fourth-order valence-corrected chi connectivity index (χ4v) is 6.00. The van der Waals surface area contributed by atoms with E-state index in [0.29, 0.717) is 32.2 Å². The van der Waals surface area contributed by atoms with Crippen LogP contribution < -0.4 is 11.1 Å². The summed E-state index contributed by atoms with van der Waals surface area (Å²) < 4.78 is 6.00. The van der Waals surface area contributed by atoms with Crippen molar-refractivity contribution in [2.24, 2.45) is 5.73 Å². The van der Waals surface area contributed by atoms with Gasteiger partial charge in [-0.25, -0.2) is 4.79 Å². The summed E-state index contributed by atoms with van der Waals surface area (Å²) in [4.78, 5) is 36.4. The second kappa shape index (κ2) is 44.1. The third kappa shape index (κ3) is 40.2. The van der Waals surface area contributed by atoms with Gasteiger partial charge in [0.25, 0.3) is 0 Å². The molecule has 0 radical (unpaired) electrons. The van der Waals surface area contributed by atoms with E-state index < -0.39 is 12.0 Å². The maximum absolute atomic E-state index is 12.8. The van der Waals surface area contributed by atoms with Crippen LogP contribution >= 0.6 is 0 Å². The van der Waals surface area contributed by atoms with Crippen molar-refractivity contribution in [2.45, 2.75) is 187 Å². The number of aliphatic carboxylic acids is 1. The van der Waals surface area contributed by atoms with Crippen molar-refractivity contribution < 1.29 is 24.2 Å². The van der Waals surface area contributed by atoms with Crippen LogP contribution in [0.4, 0.5) is 0 Å². The van der Waals surface area contributed by atoms with Crippen LogP contribution in [0.1, 0.15) is 174 Å². The summed E-state index contributed by atoms with van der Waals surface area (Å²) in [5.74, 6) is -1.33. The number of carboxylic acid groups (broad SMARTS) is 1. The molecule has 0 heterocycles. The first-order valence-corrected chi connectivity index (χ1v) is 22.7. The molecule has 0 fully saturated rings. The van der Waals surface area contributed by atoms with Crippen molar-refractivity contribution in [3.05, 3.63) is 109 Å². The summed E-state index contributed by atoms with van der Waals surface area (Å²) in [6, 6.07) is -0.873. The Morgan fingerprint density at radius 2 is 0.931 bits per heavy atom. The largest absolute Gasteiger partial charge is 0.480 e. The second-order valence-corrected chi connectivity index (χ2v) is 14.7. The van der Waals surface area contributed by atoms with Gasteiger partial charge in [-0.1, -0.05) is 149 Å². The molecule has 0 aromatic rings. The number of carbonyl (C=O) groups excluding carboxylic acids is 2. The summed E-state index contributed by atoms with van der Waals surface area (Å²) in [5, 5.41) is 11.9. The third-order valence-corrected chi connectivity index (χ3v) is 9.34. The lowest BCUT2D eigenvalue weighted by molar-refractivity contribution is -0.150. The molecule has 7 heteroatoms. The maximum atomic E-state index is 12.8. The number of hydrogen-bond acceptors (Lipinski definition) is 5. The lowest BCUT2D eigenvalue weighted by atomic mass is 10.0. The number of carbonyl (C=O) groups is 3. The van der Waals surface area contributed by atoms with Gasteiger partial charge in [-0.05, 0) is 129 Å². The van der Waals surface area contributed by atoms with Crippen molar-refractivity contribution in [1.82, 2.24) is 5.32 Å². The Balaban J connectivity index is 4.51. The van der Waals surface area contributed by atoms with Crippen LogP contribution in [0.25, 0.3) is 0 Å². The van der Waals surface area contributed by atoms with E-state index in [1.807, 2.05) is 0 Å². The predicted octanol–water partition coefficient (Wildman–Crippen LogP) is 13.2. The zero-order valence-electron chi connectivity index (χ0n) is 36.6. The second-order valence-electron chi connectivity index (χ2n) is 14.7. The van der Waals surface area contributed by atoms with Crippen LogP contribution in [0.15, 0.2) is 109 Å². The fourth-order valence-electron chi connectivity index (χ4n) is 6.00. The van der Waals surface area contributed by atoms with E-state index in [2.05, 4.69) is 129 Å². The third-order valence-electron chi connectivity index (χ3n) is 9.34. The summed E-state index contributed by atoms with van der Waals surface area (Å²) in [6.07, 6.45) is 61.3. The first-order valence-electron chi connectivity index (χ1n) is 22.7. The highest BCUT2D eigenvalue weighted by atomic mass is 16.5. The van der Waals surface area contributed by atoms with E-state index in [1.54, 1.807) is 0 Å². The molecule has 0 saturated heterocycles. The van der Waals surface area contributed by atoms with Gasteiger partial charge >= 0.3 is 11.9 Å². The van der Waals surface area contributed by atoms with E-state index in [4.69, 9.17) is 10.5 Å². The predicted molar refractivity (Wildman–Crippen MR) is 248 cm³/mol. The average Bonchev–Trinajstić information content (AvgIpc) is 3.21. The van der Waals surface area contributed by atoms with E-state index >= 15 is 0 Å². The molecule has 58 heavy (non-hydrogen) atoms. The van der Waals surface area contributed by atoms with Crippen LogP contribution in [0, 0.1) is 0 Å². The number of nitrogens with one attached hydrogen (secondary N) is 1. The number of carboxylic acids is 1. The Hall–Kier alpha value is -3.97. The van der Waals surface area contributed by atoms with Gasteiger partial charge in [0.1, 0.15) is 12.1 Å². The number of nitrogens with two attached hydrogens (primary N) is 1. The van der Waals surface area contributed by atoms with Crippen LogP contribution in [0.2, 0.25) is 0 Å². The number of unbranched alkanes of at least 4 members (excludes halogenated alkanes) is 7. The van der Waals surface area contributed by atoms with Crippen molar-refractivity contribution in [3.63, 3.8) is 0 Å². The van der Waals surface area contributed by atoms with E-state index in [1.165, 1.54) is 0 Å². The molecule has 0 aliphatic rings. The number of hydrogen-bond donors (Lipinski definition) is 3. The maximum Gasteiger partial charge on any atom is 0.326 e. The van der Waals surface area contributed by atoms with Gasteiger partial charge in [-0.2, -0.15) is 0 Å². The summed E-state index contributed by atoms with van der Waals surface area (Å²) in [5.41, 5.74) is 5.49. The molecule has 4 N–H and O–H groups in total. The van der Waals surface area contributed by atoms with Crippen molar-refractivity contribution in [2.75, 3.05) is 6.54 Å². The molecule has 0 aliphatic heterocycles. The van der Waals surface area contributed by atoms with Gasteiger partial charge in [-0.15, -0.1) is 0 Å². The van der Waals surface area contributed by atoms with Crippen molar-refractivity contribution in [3.8, 4) is 0 Å². The highest BCUT2D eigenvalue weighted by Crippen LogP contribution is 2.17. The highest BCUT2D eigenvalue weighted by molar-refractivity contribution is 5.83. The Morgan fingerprint density at radius 3 is 1.43 bits per heavy atom. The van der Waals surface area contributed by atoms with Crippen molar-refractivity contribution >= 4 is 17.8 Å². The van der Waals surface area contributed by atoms with E-state index in [-0.39, 0.29) is 18.0 Å². The van der Waals surface area contributed by atoms with Gasteiger partial charge in [-0.3, -0.25) is 9.59 Å². The zero-order chi connectivity index (χ0) is 42.4. The Bertz CT molecular complexity index is 1270. The average molecular weight is 803 g/mol. The first-order chi connectivity index (χ1) is 28.4. The van der Waals surface area contributed by atoms with Gasteiger partial charge in [0.15, 0.2) is 0 Å². The normalized spacial score (nSPS) is 13.7. The molecular formula is C51H82N2O5. The molecule has 326 valence electrons. The number of rotatable bonds is 39. The summed E-state index contributed by atoms with van der Waals surface area (Å²) in [7, 11) is 0. The minimum atomic E-state index is -1.02. The minimum absolute atomic E-state index is 0.0897. The van der Waals surface area contributed by atoms with E-state index in [0.717, 1.165) is 135 Å². The number of ether oxygens (including phenoxy) is 1. The van der Waals surface area contributed by atoms with Crippen LogP contribution in [-0.4, -0.2) is 41.6 Å². The van der Waals surface area contributed by atoms with Crippen LogP contribution in [-0.2, 0) is 19.1 Å². The van der Waals surface area contributed by atoms with Crippen LogP contribution in [0.3, 0.4) is 0 Å². The van der Waals surface area contributed by atoms with Gasteiger partial charge in [0.2, 0.25) is 5.91 Å². The van der Waals surface area contributed by atoms with Gasteiger partial charge < -0.3 is 20.9 Å². The summed E-state index contributed by atoms with van der Waals surface area (Å²) in [6.45, 7) is 4.70. The monoisotopic (exact) mass is 803 g/mol. The number of amides is 1. The molecule has 2 atom stereocenters. The SMILES string of the molecule is CC/C=C\C/C=C\C/C=C\C/C=C\C/C=C\CCCCCC(=O)OC(CC/C=C\C/C=C\C/C=C\C/C=C\CC)CCCCCCCC(=O)NC(CCCN)C(=O)O. The van der Waals surface area contributed by atoms with E-state index in [9.17, 15) is 19.5 Å².